The molecule has 0 unspecified atom stereocenters. The molecule has 0 heterocycles. The number of nitrogens with one attached hydrogen (secondary N) is 1. The lowest BCUT2D eigenvalue weighted by Gasteiger charge is -2.31. The van der Waals surface area contributed by atoms with Crippen molar-refractivity contribution in [3.05, 3.63) is 106 Å². The topological polar surface area (TPSA) is 58.6 Å². The molecule has 1 atom stereocenters. The summed E-state index contributed by atoms with van der Waals surface area (Å²) in [5, 5.41) is 3.56. The Kier molecular flexibility index (Phi) is 10.9. The third-order valence-electron chi connectivity index (χ3n) is 5.77. The molecule has 0 aromatic heterocycles. The zero-order valence-electron chi connectivity index (χ0n) is 20.5. The average molecular weight is 511 g/mol. The Bertz CT molecular complexity index is 1090. The lowest BCUT2D eigenvalue weighted by molar-refractivity contribution is -0.140. The van der Waals surface area contributed by atoms with E-state index < -0.39 is 6.04 Å². The van der Waals surface area contributed by atoms with Gasteiger partial charge in [0.25, 0.3) is 0 Å². The molecule has 0 aliphatic carbocycles. The Morgan fingerprint density at radius 2 is 1.61 bits per heavy atom. The maximum Gasteiger partial charge on any atom is 0.243 e. The molecule has 0 fully saturated rings. The molecule has 0 saturated carbocycles. The van der Waals surface area contributed by atoms with Crippen molar-refractivity contribution in [3.8, 4) is 0 Å². The number of carbonyl (C=O) groups is 2. The van der Waals surface area contributed by atoms with E-state index in [2.05, 4.69) is 5.32 Å². The molecule has 2 amide bonds. The highest BCUT2D eigenvalue weighted by Gasteiger charge is 2.30. The summed E-state index contributed by atoms with van der Waals surface area (Å²) in [6.45, 7) is 3.72. The molecule has 0 saturated heterocycles. The van der Waals surface area contributed by atoms with Crippen LogP contribution in [0.1, 0.15) is 30.0 Å². The minimum absolute atomic E-state index is 0.112. The molecule has 0 radical (unpaired) electrons. The fraction of sp³-hybridized carbons (Fsp3) is 0.310. The normalized spacial score (nSPS) is 11.6. The average Bonchev–Trinajstić information content (AvgIpc) is 2.89. The van der Waals surface area contributed by atoms with Crippen LogP contribution in [0.25, 0.3) is 0 Å². The van der Waals surface area contributed by atoms with Crippen molar-refractivity contribution in [2.75, 3.05) is 19.8 Å². The largest absolute Gasteiger partial charge is 0.382 e. The smallest absolute Gasteiger partial charge is 0.243 e. The Balaban J connectivity index is 1.87. The van der Waals surface area contributed by atoms with E-state index in [-0.39, 0.29) is 30.6 Å². The second-order valence-electron chi connectivity index (χ2n) is 8.50. The molecule has 3 aromatic carbocycles. The van der Waals surface area contributed by atoms with Gasteiger partial charge in [-0.2, -0.15) is 0 Å². The second kappa shape index (κ2) is 14.4. The van der Waals surface area contributed by atoms with Crippen molar-refractivity contribution in [3.63, 3.8) is 0 Å². The highest BCUT2D eigenvalue weighted by Crippen LogP contribution is 2.18. The predicted molar refractivity (Wildman–Crippen MR) is 140 cm³/mol. The lowest BCUT2D eigenvalue weighted by atomic mass is 10.0. The molecule has 7 heteroatoms. The van der Waals surface area contributed by atoms with Gasteiger partial charge in [-0.3, -0.25) is 9.59 Å². The van der Waals surface area contributed by atoms with Crippen LogP contribution in [0.15, 0.2) is 78.9 Å². The van der Waals surface area contributed by atoms with Crippen molar-refractivity contribution >= 4 is 23.4 Å². The SMILES string of the molecule is CCOCCCNC(=O)[C@H](Cc1ccccc1)N(Cc1ccc(F)cc1)C(=O)Cc1ccc(Cl)cc1. The first-order chi connectivity index (χ1) is 17.5. The van der Waals surface area contributed by atoms with E-state index in [0.29, 0.717) is 37.6 Å². The minimum atomic E-state index is -0.746. The van der Waals surface area contributed by atoms with Gasteiger partial charge >= 0.3 is 0 Å². The van der Waals surface area contributed by atoms with Crippen molar-refractivity contribution in [1.29, 1.82) is 0 Å². The highest BCUT2D eigenvalue weighted by atomic mass is 35.5. The fourth-order valence-corrected chi connectivity index (χ4v) is 3.99. The molecule has 0 aliphatic rings. The molecule has 1 N–H and O–H groups in total. The third kappa shape index (κ3) is 8.77. The summed E-state index contributed by atoms with van der Waals surface area (Å²) in [6.07, 6.45) is 1.14. The molecular formula is C29H32ClFN2O3. The molecule has 0 bridgehead atoms. The van der Waals surface area contributed by atoms with Gasteiger partial charge in [-0.1, -0.05) is 66.2 Å². The first-order valence-corrected chi connectivity index (χ1v) is 12.5. The molecule has 36 heavy (non-hydrogen) atoms. The molecule has 3 aromatic rings. The van der Waals surface area contributed by atoms with Crippen LogP contribution in [-0.4, -0.2) is 42.5 Å². The Morgan fingerprint density at radius 1 is 0.944 bits per heavy atom. The van der Waals surface area contributed by atoms with Crippen LogP contribution < -0.4 is 5.32 Å². The van der Waals surface area contributed by atoms with E-state index in [1.54, 1.807) is 41.3 Å². The lowest BCUT2D eigenvalue weighted by Crippen LogP contribution is -2.51. The van der Waals surface area contributed by atoms with E-state index in [4.69, 9.17) is 16.3 Å². The molecule has 3 rings (SSSR count). The Morgan fingerprint density at radius 3 is 2.28 bits per heavy atom. The summed E-state index contributed by atoms with van der Waals surface area (Å²) in [5.41, 5.74) is 2.47. The van der Waals surface area contributed by atoms with Gasteiger partial charge in [-0.25, -0.2) is 4.39 Å². The molecule has 190 valence electrons. The maximum absolute atomic E-state index is 13.6. The minimum Gasteiger partial charge on any atom is -0.382 e. The van der Waals surface area contributed by atoms with Crippen LogP contribution in [0.3, 0.4) is 0 Å². The van der Waals surface area contributed by atoms with Gasteiger partial charge in [0.2, 0.25) is 11.8 Å². The van der Waals surface area contributed by atoms with Gasteiger partial charge in [0, 0.05) is 37.7 Å². The molecule has 5 nitrogen and oxygen atoms in total. The number of hydrogen-bond donors (Lipinski definition) is 1. The summed E-state index contributed by atoms with van der Waals surface area (Å²) < 4.78 is 18.9. The summed E-state index contributed by atoms with van der Waals surface area (Å²) >= 11 is 6.01. The zero-order chi connectivity index (χ0) is 25.8. The van der Waals surface area contributed by atoms with Crippen molar-refractivity contribution < 1.29 is 18.7 Å². The molecule has 0 spiro atoms. The number of rotatable bonds is 13. The van der Waals surface area contributed by atoms with Crippen LogP contribution in [0.4, 0.5) is 4.39 Å². The van der Waals surface area contributed by atoms with Gasteiger partial charge in [0.1, 0.15) is 11.9 Å². The van der Waals surface area contributed by atoms with E-state index in [9.17, 15) is 14.0 Å². The van der Waals surface area contributed by atoms with Crippen molar-refractivity contribution in [1.82, 2.24) is 10.2 Å². The zero-order valence-corrected chi connectivity index (χ0v) is 21.2. The third-order valence-corrected chi connectivity index (χ3v) is 6.03. The fourth-order valence-electron chi connectivity index (χ4n) is 3.87. The van der Waals surface area contributed by atoms with Crippen LogP contribution in [0, 0.1) is 5.82 Å². The first-order valence-electron chi connectivity index (χ1n) is 12.1. The number of hydrogen-bond acceptors (Lipinski definition) is 3. The van der Waals surface area contributed by atoms with E-state index in [0.717, 1.165) is 16.7 Å². The van der Waals surface area contributed by atoms with Crippen molar-refractivity contribution in [2.45, 2.75) is 38.8 Å². The van der Waals surface area contributed by atoms with Crippen LogP contribution in [0.2, 0.25) is 5.02 Å². The maximum atomic E-state index is 13.6. The Labute approximate surface area is 217 Å². The number of ether oxygens (including phenoxy) is 1. The van der Waals surface area contributed by atoms with E-state index in [1.165, 1.54) is 12.1 Å². The standard InChI is InChI=1S/C29H32ClFN2O3/c1-2-36-18-6-17-32-29(35)27(19-22-7-4-3-5-8-22)33(21-24-11-15-26(31)16-12-24)28(34)20-23-9-13-25(30)14-10-23/h3-5,7-16,27H,2,6,17-21H2,1H3,(H,32,35)/t27-/m0/s1. The Hall–Kier alpha value is -3.22. The molecule has 0 aliphatic heterocycles. The van der Waals surface area contributed by atoms with Crippen LogP contribution >= 0.6 is 11.6 Å². The number of amides is 2. The summed E-state index contributed by atoms with van der Waals surface area (Å²) in [7, 11) is 0. The van der Waals surface area contributed by atoms with Crippen LogP contribution in [-0.2, 0) is 33.7 Å². The number of carbonyl (C=O) groups excluding carboxylic acids is 2. The number of halogens is 2. The number of benzene rings is 3. The first kappa shape index (κ1) is 27.4. The monoisotopic (exact) mass is 510 g/mol. The second-order valence-corrected chi connectivity index (χ2v) is 8.93. The van der Waals surface area contributed by atoms with Gasteiger partial charge in [0.15, 0.2) is 0 Å². The number of nitrogens with zero attached hydrogens (tertiary/aromatic N) is 1. The van der Waals surface area contributed by atoms with Gasteiger partial charge in [-0.05, 0) is 54.3 Å². The van der Waals surface area contributed by atoms with E-state index >= 15 is 0 Å². The summed E-state index contributed by atoms with van der Waals surface area (Å²) in [6, 6.07) is 21.9. The van der Waals surface area contributed by atoms with Crippen molar-refractivity contribution in [2.24, 2.45) is 0 Å². The highest BCUT2D eigenvalue weighted by molar-refractivity contribution is 6.30. The summed E-state index contributed by atoms with van der Waals surface area (Å²) in [4.78, 5) is 28.7. The van der Waals surface area contributed by atoms with Crippen LogP contribution in [0.5, 0.6) is 0 Å². The van der Waals surface area contributed by atoms with Gasteiger partial charge in [0.05, 0.1) is 6.42 Å². The van der Waals surface area contributed by atoms with E-state index in [1.807, 2.05) is 37.3 Å². The quantitative estimate of drug-likeness (QED) is 0.321. The summed E-state index contributed by atoms with van der Waals surface area (Å²) in [5.74, 6) is -0.792. The predicted octanol–water partition coefficient (Wildman–Crippen LogP) is 5.20. The molecular weight excluding hydrogens is 479 g/mol. The van der Waals surface area contributed by atoms with Gasteiger partial charge in [-0.15, -0.1) is 0 Å². The van der Waals surface area contributed by atoms with Gasteiger partial charge < -0.3 is 15.0 Å².